The van der Waals surface area contributed by atoms with Crippen molar-refractivity contribution in [3.8, 4) is 0 Å². The Morgan fingerprint density at radius 3 is 2.77 bits per heavy atom. The van der Waals surface area contributed by atoms with Crippen molar-refractivity contribution in [1.82, 2.24) is 24.9 Å². The Labute approximate surface area is 126 Å². The van der Waals surface area contributed by atoms with Crippen molar-refractivity contribution in [2.45, 2.75) is 12.7 Å². The summed E-state index contributed by atoms with van der Waals surface area (Å²) in [6.07, 6.45) is -3.00. The molecule has 0 atom stereocenters. The lowest BCUT2D eigenvalue weighted by molar-refractivity contribution is -0.140. The topological polar surface area (TPSA) is 96.6 Å². The van der Waals surface area contributed by atoms with Crippen LogP contribution in [0.2, 0.25) is 0 Å². The van der Waals surface area contributed by atoms with Gasteiger partial charge in [-0.1, -0.05) is 0 Å². The van der Waals surface area contributed by atoms with E-state index in [-0.39, 0.29) is 12.5 Å². The summed E-state index contributed by atoms with van der Waals surface area (Å²) in [5.74, 6) is 0.486. The fourth-order valence-electron chi connectivity index (χ4n) is 1.90. The fourth-order valence-corrected chi connectivity index (χ4v) is 2.76. The lowest BCUT2D eigenvalue weighted by atomic mass is 10.4. The average molecular weight is 329 g/mol. The predicted octanol–water partition coefficient (Wildman–Crippen LogP) is 2.05. The van der Waals surface area contributed by atoms with E-state index in [1.54, 1.807) is 11.9 Å². The Hall–Kier alpha value is -2.43. The highest BCUT2D eigenvalue weighted by atomic mass is 32.1. The molecule has 3 rings (SSSR count). The second-order valence-electron chi connectivity index (χ2n) is 4.49. The van der Waals surface area contributed by atoms with Crippen LogP contribution in [0.3, 0.4) is 0 Å². The zero-order valence-corrected chi connectivity index (χ0v) is 12.0. The van der Waals surface area contributed by atoms with Crippen LogP contribution in [0.25, 0.3) is 11.2 Å². The van der Waals surface area contributed by atoms with Gasteiger partial charge in [0.1, 0.15) is 10.5 Å². The molecule has 22 heavy (non-hydrogen) atoms. The van der Waals surface area contributed by atoms with Crippen LogP contribution in [0.4, 0.5) is 24.9 Å². The van der Waals surface area contributed by atoms with Crippen LogP contribution in [-0.4, -0.2) is 32.0 Å². The van der Waals surface area contributed by atoms with Crippen molar-refractivity contribution >= 4 is 34.3 Å². The summed E-state index contributed by atoms with van der Waals surface area (Å²) in [7, 11) is 1.68. The first-order valence-electron chi connectivity index (χ1n) is 6.04. The molecule has 0 aliphatic rings. The number of thiazole rings is 1. The largest absolute Gasteiger partial charge is 0.434 e. The smallest absolute Gasteiger partial charge is 0.368 e. The minimum Gasteiger partial charge on any atom is -0.368 e. The fraction of sp³-hybridized carbons (Fsp3) is 0.273. The van der Waals surface area contributed by atoms with Gasteiger partial charge in [0, 0.05) is 12.4 Å². The third-order valence-corrected chi connectivity index (χ3v) is 3.69. The van der Waals surface area contributed by atoms with Gasteiger partial charge in [-0.15, -0.1) is 11.3 Å². The van der Waals surface area contributed by atoms with Crippen molar-refractivity contribution in [1.29, 1.82) is 0 Å². The maximum absolute atomic E-state index is 12.6. The minimum absolute atomic E-state index is 0.0385. The first kappa shape index (κ1) is 14.5. The number of aromatic nitrogens is 5. The molecule has 0 amide bonds. The van der Waals surface area contributed by atoms with Crippen LogP contribution in [0.1, 0.15) is 10.7 Å². The number of nitrogens with zero attached hydrogens (tertiary/aromatic N) is 5. The number of fused-ring (bicyclic) bond motifs is 1. The van der Waals surface area contributed by atoms with Crippen LogP contribution in [0.15, 0.2) is 11.7 Å². The number of halogens is 3. The van der Waals surface area contributed by atoms with Gasteiger partial charge in [0.25, 0.3) is 0 Å². The second-order valence-corrected chi connectivity index (χ2v) is 5.43. The maximum atomic E-state index is 12.6. The van der Waals surface area contributed by atoms with Gasteiger partial charge in [-0.3, -0.25) is 0 Å². The average Bonchev–Trinajstić information content (AvgIpc) is 3.05. The molecule has 3 aromatic heterocycles. The van der Waals surface area contributed by atoms with E-state index >= 15 is 0 Å². The number of hydrogen-bond donors (Lipinski definition) is 2. The molecular weight excluding hydrogens is 319 g/mol. The molecule has 0 saturated carbocycles. The highest BCUT2D eigenvalue weighted by molar-refractivity contribution is 7.09. The minimum atomic E-state index is -4.44. The highest BCUT2D eigenvalue weighted by Gasteiger charge is 2.33. The van der Waals surface area contributed by atoms with Gasteiger partial charge in [0.15, 0.2) is 17.2 Å². The first-order chi connectivity index (χ1) is 10.3. The van der Waals surface area contributed by atoms with Gasteiger partial charge in [0.05, 0.1) is 12.9 Å². The van der Waals surface area contributed by atoms with E-state index in [1.165, 1.54) is 6.33 Å². The van der Waals surface area contributed by atoms with Gasteiger partial charge in [0.2, 0.25) is 5.95 Å². The van der Waals surface area contributed by atoms with Gasteiger partial charge in [-0.2, -0.15) is 23.1 Å². The standard InChI is InChI=1S/C11H10F3N7S/c1-21(2-6-18-5(3-22-6)11(12,13)14)9-7-8(17-4-16-7)19-10(15)20-9/h3-4H,2H2,1H3,(H3,15,16,17,19,20). The lowest BCUT2D eigenvalue weighted by Gasteiger charge is -2.17. The first-order valence-corrected chi connectivity index (χ1v) is 6.92. The van der Waals surface area contributed by atoms with E-state index in [9.17, 15) is 13.2 Å². The molecule has 3 heterocycles. The number of rotatable bonds is 3. The van der Waals surface area contributed by atoms with Crippen LogP contribution >= 0.6 is 11.3 Å². The van der Waals surface area contributed by atoms with Gasteiger partial charge in [-0.05, 0) is 0 Å². The van der Waals surface area contributed by atoms with Crippen molar-refractivity contribution in [2.75, 3.05) is 17.7 Å². The SMILES string of the molecule is CN(Cc1nc(C(F)(F)F)cs1)c1nc(N)nc2nc[nH]c12. The molecule has 0 aliphatic heterocycles. The predicted molar refractivity (Wildman–Crippen MR) is 75.3 cm³/mol. The normalized spacial score (nSPS) is 12.0. The molecule has 3 N–H and O–H groups in total. The van der Waals surface area contributed by atoms with E-state index in [0.717, 1.165) is 16.7 Å². The molecule has 0 unspecified atom stereocenters. The number of nitrogens with two attached hydrogens (primary N) is 1. The van der Waals surface area contributed by atoms with E-state index < -0.39 is 11.9 Å². The summed E-state index contributed by atoms with van der Waals surface area (Å²) in [5.41, 5.74) is 5.67. The number of imidazole rings is 1. The summed E-state index contributed by atoms with van der Waals surface area (Å²) < 4.78 is 37.7. The number of H-pyrrole nitrogens is 1. The molecule has 3 aromatic rings. The van der Waals surface area contributed by atoms with E-state index in [2.05, 4.69) is 24.9 Å². The van der Waals surface area contributed by atoms with Crippen molar-refractivity contribution in [2.24, 2.45) is 0 Å². The lowest BCUT2D eigenvalue weighted by Crippen LogP contribution is -2.19. The Bertz CT molecular complexity index is 809. The molecule has 7 nitrogen and oxygen atoms in total. The van der Waals surface area contributed by atoms with Crippen molar-refractivity contribution in [3.63, 3.8) is 0 Å². The molecule has 0 bridgehead atoms. The molecule has 0 aromatic carbocycles. The second kappa shape index (κ2) is 5.09. The van der Waals surface area contributed by atoms with Crippen LogP contribution in [0, 0.1) is 0 Å². The molecule has 0 radical (unpaired) electrons. The number of alkyl halides is 3. The number of hydrogen-bond acceptors (Lipinski definition) is 7. The number of nitrogen functional groups attached to an aromatic ring is 1. The Kier molecular flexibility index (Phi) is 3.35. The number of nitrogens with one attached hydrogen (secondary N) is 1. The highest BCUT2D eigenvalue weighted by Crippen LogP contribution is 2.31. The molecule has 116 valence electrons. The van der Waals surface area contributed by atoms with Crippen LogP contribution in [0.5, 0.6) is 0 Å². The summed E-state index contributed by atoms with van der Waals surface area (Å²) in [4.78, 5) is 20.2. The van der Waals surface area contributed by atoms with Gasteiger partial charge < -0.3 is 15.6 Å². The monoisotopic (exact) mass is 329 g/mol. The third-order valence-electron chi connectivity index (χ3n) is 2.86. The van der Waals surface area contributed by atoms with Crippen molar-refractivity contribution < 1.29 is 13.2 Å². The Morgan fingerprint density at radius 1 is 1.32 bits per heavy atom. The van der Waals surface area contributed by atoms with Crippen LogP contribution in [-0.2, 0) is 12.7 Å². The molecular formula is C11H10F3N7S. The Balaban J connectivity index is 1.89. The summed E-state index contributed by atoms with van der Waals surface area (Å²) in [6.45, 7) is 0.158. The summed E-state index contributed by atoms with van der Waals surface area (Å²) in [5, 5.41) is 1.31. The molecule has 0 fully saturated rings. The zero-order chi connectivity index (χ0) is 15.9. The number of anilines is 2. The number of aromatic amines is 1. The molecule has 0 saturated heterocycles. The molecule has 0 spiro atoms. The van der Waals surface area contributed by atoms with E-state index in [1.807, 2.05) is 0 Å². The molecule has 0 aliphatic carbocycles. The maximum Gasteiger partial charge on any atom is 0.434 e. The van der Waals surface area contributed by atoms with Crippen molar-refractivity contribution in [3.05, 3.63) is 22.4 Å². The third kappa shape index (κ3) is 2.66. The van der Waals surface area contributed by atoms with Gasteiger partial charge >= 0.3 is 6.18 Å². The summed E-state index contributed by atoms with van der Waals surface area (Å²) in [6, 6.07) is 0. The van der Waals surface area contributed by atoms with E-state index in [4.69, 9.17) is 5.73 Å². The van der Waals surface area contributed by atoms with Crippen LogP contribution < -0.4 is 10.6 Å². The molecule has 11 heteroatoms. The van der Waals surface area contributed by atoms with Gasteiger partial charge in [-0.25, -0.2) is 9.97 Å². The summed E-state index contributed by atoms with van der Waals surface area (Å²) >= 11 is 0.938. The Morgan fingerprint density at radius 2 is 2.09 bits per heavy atom. The zero-order valence-electron chi connectivity index (χ0n) is 11.2. The quantitative estimate of drug-likeness (QED) is 0.763. The van der Waals surface area contributed by atoms with E-state index in [0.29, 0.717) is 22.0 Å².